The summed E-state index contributed by atoms with van der Waals surface area (Å²) in [5.41, 5.74) is 0.798. The van der Waals surface area contributed by atoms with Crippen molar-refractivity contribution in [3.8, 4) is 5.75 Å². The number of nitrogens with one attached hydrogen (secondary N) is 1. The number of hydrogen-bond acceptors (Lipinski definition) is 4. The second-order valence-electron chi connectivity index (χ2n) is 5.60. The number of methoxy groups -OCH3 is 1. The summed E-state index contributed by atoms with van der Waals surface area (Å²) in [6, 6.07) is 5.29. The SMILES string of the molecule is COc1ccc(Cl)cc1CC(=O)N1CCCCC1c1ncn[nH]1. The number of benzene rings is 1. The second-order valence-corrected chi connectivity index (χ2v) is 6.04. The summed E-state index contributed by atoms with van der Waals surface area (Å²) in [5.74, 6) is 1.47. The minimum atomic E-state index is -0.0380. The van der Waals surface area contributed by atoms with E-state index in [4.69, 9.17) is 16.3 Å². The van der Waals surface area contributed by atoms with Crippen molar-refractivity contribution in [2.24, 2.45) is 0 Å². The summed E-state index contributed by atoms with van der Waals surface area (Å²) in [5, 5.41) is 7.39. The summed E-state index contributed by atoms with van der Waals surface area (Å²) < 4.78 is 5.33. The first-order chi connectivity index (χ1) is 11.2. The Bertz CT molecular complexity index is 675. The Hall–Kier alpha value is -2.08. The molecule has 1 fully saturated rings. The van der Waals surface area contributed by atoms with E-state index in [1.54, 1.807) is 25.3 Å². The Morgan fingerprint density at radius 1 is 1.48 bits per heavy atom. The van der Waals surface area contributed by atoms with Gasteiger partial charge in [-0.25, -0.2) is 4.98 Å². The maximum atomic E-state index is 12.8. The van der Waals surface area contributed by atoms with Crippen LogP contribution in [-0.2, 0) is 11.2 Å². The van der Waals surface area contributed by atoms with E-state index in [0.717, 1.165) is 37.2 Å². The predicted molar refractivity (Wildman–Crippen MR) is 86.4 cm³/mol. The fourth-order valence-corrected chi connectivity index (χ4v) is 3.23. The summed E-state index contributed by atoms with van der Waals surface area (Å²) in [6.07, 6.45) is 4.72. The molecule has 3 rings (SSSR count). The normalized spacial score (nSPS) is 18.0. The predicted octanol–water partition coefficient (Wildman–Crippen LogP) is 2.76. The third-order valence-electron chi connectivity index (χ3n) is 4.16. The minimum absolute atomic E-state index is 0.0380. The third-order valence-corrected chi connectivity index (χ3v) is 4.39. The standard InChI is InChI=1S/C16H19ClN4O2/c1-23-14-6-5-12(17)8-11(14)9-15(22)21-7-3-2-4-13(21)16-18-10-19-20-16/h5-6,8,10,13H,2-4,7,9H2,1H3,(H,18,19,20). The fraction of sp³-hybridized carbons (Fsp3) is 0.438. The molecule has 2 heterocycles. The van der Waals surface area contributed by atoms with Crippen LogP contribution in [0.5, 0.6) is 5.75 Å². The van der Waals surface area contributed by atoms with Gasteiger partial charge in [0.2, 0.25) is 5.91 Å². The molecule has 1 unspecified atom stereocenters. The Morgan fingerprint density at radius 2 is 2.35 bits per heavy atom. The second kappa shape index (κ2) is 7.00. The van der Waals surface area contributed by atoms with Gasteiger partial charge in [0.1, 0.15) is 17.9 Å². The van der Waals surface area contributed by atoms with Crippen molar-refractivity contribution >= 4 is 17.5 Å². The number of halogens is 1. The van der Waals surface area contributed by atoms with Gasteiger partial charge in [0, 0.05) is 17.1 Å². The van der Waals surface area contributed by atoms with Gasteiger partial charge < -0.3 is 9.64 Å². The largest absolute Gasteiger partial charge is 0.496 e. The molecule has 1 atom stereocenters. The number of carbonyl (C=O) groups excluding carboxylic acids is 1. The number of hydrogen-bond donors (Lipinski definition) is 1. The molecule has 122 valence electrons. The van der Waals surface area contributed by atoms with Gasteiger partial charge in [-0.3, -0.25) is 9.89 Å². The van der Waals surface area contributed by atoms with E-state index in [9.17, 15) is 4.79 Å². The van der Waals surface area contributed by atoms with Gasteiger partial charge in [0.25, 0.3) is 0 Å². The molecule has 0 bridgehead atoms. The fourth-order valence-electron chi connectivity index (χ4n) is 3.04. The van der Waals surface area contributed by atoms with E-state index in [-0.39, 0.29) is 18.4 Å². The molecule has 1 aliphatic heterocycles. The summed E-state index contributed by atoms with van der Waals surface area (Å²) in [6.45, 7) is 0.729. The van der Waals surface area contributed by atoms with Gasteiger partial charge >= 0.3 is 0 Å². The van der Waals surface area contributed by atoms with Gasteiger partial charge in [0.15, 0.2) is 0 Å². The molecule has 0 aliphatic carbocycles. The number of rotatable bonds is 4. The molecule has 1 aliphatic rings. The minimum Gasteiger partial charge on any atom is -0.496 e. The quantitative estimate of drug-likeness (QED) is 0.933. The van der Waals surface area contributed by atoms with Crippen molar-refractivity contribution < 1.29 is 9.53 Å². The van der Waals surface area contributed by atoms with Gasteiger partial charge in [0.05, 0.1) is 19.6 Å². The Kier molecular flexibility index (Phi) is 4.81. The lowest BCUT2D eigenvalue weighted by Gasteiger charge is -2.34. The molecular weight excluding hydrogens is 316 g/mol. The van der Waals surface area contributed by atoms with Gasteiger partial charge in [-0.15, -0.1) is 0 Å². The average Bonchev–Trinajstić information content (AvgIpc) is 3.09. The topological polar surface area (TPSA) is 71.1 Å². The smallest absolute Gasteiger partial charge is 0.227 e. The average molecular weight is 335 g/mol. The lowest BCUT2D eigenvalue weighted by atomic mass is 10.00. The zero-order valence-electron chi connectivity index (χ0n) is 13.0. The van der Waals surface area contributed by atoms with Crippen molar-refractivity contribution in [1.82, 2.24) is 20.1 Å². The highest BCUT2D eigenvalue weighted by Gasteiger charge is 2.30. The third kappa shape index (κ3) is 3.47. The van der Waals surface area contributed by atoms with Crippen LogP contribution in [0.25, 0.3) is 0 Å². The first kappa shape index (κ1) is 15.8. The molecule has 0 saturated carbocycles. The van der Waals surface area contributed by atoms with Gasteiger partial charge in [-0.05, 0) is 37.5 Å². The number of aromatic amines is 1. The van der Waals surface area contributed by atoms with Crippen molar-refractivity contribution in [3.05, 3.63) is 40.9 Å². The first-order valence-corrected chi connectivity index (χ1v) is 8.04. The number of likely N-dealkylation sites (tertiary alicyclic amines) is 1. The highest BCUT2D eigenvalue weighted by Crippen LogP contribution is 2.30. The first-order valence-electron chi connectivity index (χ1n) is 7.66. The van der Waals surface area contributed by atoms with Crippen LogP contribution in [0.15, 0.2) is 24.5 Å². The van der Waals surface area contributed by atoms with Crippen LogP contribution in [0.3, 0.4) is 0 Å². The lowest BCUT2D eigenvalue weighted by Crippen LogP contribution is -2.39. The molecule has 23 heavy (non-hydrogen) atoms. The van der Waals surface area contributed by atoms with E-state index in [0.29, 0.717) is 10.8 Å². The number of carbonyl (C=O) groups is 1. The zero-order chi connectivity index (χ0) is 16.2. The van der Waals surface area contributed by atoms with Crippen LogP contribution in [0.4, 0.5) is 0 Å². The van der Waals surface area contributed by atoms with E-state index >= 15 is 0 Å². The molecule has 1 saturated heterocycles. The molecule has 7 heteroatoms. The van der Waals surface area contributed by atoms with Crippen LogP contribution in [-0.4, -0.2) is 39.6 Å². The van der Waals surface area contributed by atoms with Crippen LogP contribution >= 0.6 is 11.6 Å². The number of ether oxygens (including phenoxy) is 1. The van der Waals surface area contributed by atoms with E-state index in [2.05, 4.69) is 15.2 Å². The van der Waals surface area contributed by atoms with Gasteiger partial charge in [-0.1, -0.05) is 11.6 Å². The van der Waals surface area contributed by atoms with E-state index in [1.165, 1.54) is 6.33 Å². The Labute approximate surface area is 139 Å². The summed E-state index contributed by atoms with van der Waals surface area (Å²) in [7, 11) is 1.59. The monoisotopic (exact) mass is 334 g/mol. The zero-order valence-corrected chi connectivity index (χ0v) is 13.7. The Morgan fingerprint density at radius 3 is 3.09 bits per heavy atom. The molecular formula is C16H19ClN4O2. The number of piperidine rings is 1. The number of amides is 1. The summed E-state index contributed by atoms with van der Waals surface area (Å²) in [4.78, 5) is 18.9. The molecule has 1 N–H and O–H groups in total. The molecule has 2 aromatic rings. The van der Waals surface area contributed by atoms with Crippen LogP contribution in [0.1, 0.15) is 36.7 Å². The van der Waals surface area contributed by atoms with Crippen molar-refractivity contribution in [1.29, 1.82) is 0 Å². The molecule has 1 amide bonds. The molecule has 1 aromatic heterocycles. The highest BCUT2D eigenvalue weighted by molar-refractivity contribution is 6.30. The van der Waals surface area contributed by atoms with Crippen molar-refractivity contribution in [2.45, 2.75) is 31.7 Å². The molecule has 0 spiro atoms. The lowest BCUT2D eigenvalue weighted by molar-refractivity contribution is -0.134. The van der Waals surface area contributed by atoms with Crippen LogP contribution < -0.4 is 4.74 Å². The maximum absolute atomic E-state index is 12.8. The van der Waals surface area contributed by atoms with Gasteiger partial charge in [-0.2, -0.15) is 5.10 Å². The van der Waals surface area contributed by atoms with Crippen molar-refractivity contribution in [3.63, 3.8) is 0 Å². The summed E-state index contributed by atoms with van der Waals surface area (Å²) >= 11 is 6.05. The Balaban J connectivity index is 1.80. The molecule has 0 radical (unpaired) electrons. The maximum Gasteiger partial charge on any atom is 0.227 e. The van der Waals surface area contributed by atoms with Crippen LogP contribution in [0.2, 0.25) is 5.02 Å². The number of aromatic nitrogens is 3. The molecule has 6 nitrogen and oxygen atoms in total. The number of H-pyrrole nitrogens is 1. The van der Waals surface area contributed by atoms with Crippen LogP contribution in [0, 0.1) is 0 Å². The highest BCUT2D eigenvalue weighted by atomic mass is 35.5. The molecule has 1 aromatic carbocycles. The van der Waals surface area contributed by atoms with E-state index in [1.807, 2.05) is 4.90 Å². The van der Waals surface area contributed by atoms with Crippen molar-refractivity contribution in [2.75, 3.05) is 13.7 Å². The van der Waals surface area contributed by atoms with E-state index < -0.39 is 0 Å². The number of nitrogens with zero attached hydrogens (tertiary/aromatic N) is 3.